The van der Waals surface area contributed by atoms with Gasteiger partial charge in [-0.1, -0.05) is 0 Å². The molecule has 0 aromatic rings. The van der Waals surface area contributed by atoms with Gasteiger partial charge in [-0.3, -0.25) is 14.4 Å². The maximum atomic E-state index is 11.9. The highest BCUT2D eigenvalue weighted by Gasteiger charge is 2.32. The standard InChI is InChI=1S/C16H21N3O4/c1-18-12-5-4-11(20)9-13(12)23-16(18)6-7-17-14(21)10-19-8-2-3-15(19)22/h5,9,16H,2-4,6-8,10H2,1H3,(H,17,21). The van der Waals surface area contributed by atoms with E-state index in [0.29, 0.717) is 38.1 Å². The van der Waals surface area contributed by atoms with E-state index in [4.69, 9.17) is 4.74 Å². The Labute approximate surface area is 134 Å². The molecule has 23 heavy (non-hydrogen) atoms. The molecule has 2 fully saturated rings. The number of likely N-dealkylation sites (N-methyl/N-ethyl adjacent to an activating group) is 1. The predicted octanol–water partition coefficient (Wildman–Crippen LogP) is 0.144. The van der Waals surface area contributed by atoms with Crippen molar-refractivity contribution >= 4 is 17.6 Å². The average Bonchev–Trinajstić information content (AvgIpc) is 3.03. The van der Waals surface area contributed by atoms with Crippen LogP contribution in [0.5, 0.6) is 0 Å². The molecule has 0 radical (unpaired) electrons. The van der Waals surface area contributed by atoms with Crippen molar-refractivity contribution in [2.75, 3.05) is 26.7 Å². The monoisotopic (exact) mass is 319 g/mol. The summed E-state index contributed by atoms with van der Waals surface area (Å²) in [5, 5.41) is 2.82. The molecule has 3 rings (SSSR count). The van der Waals surface area contributed by atoms with Crippen molar-refractivity contribution in [3.63, 3.8) is 0 Å². The first-order valence-corrected chi connectivity index (χ1v) is 7.93. The Morgan fingerprint density at radius 1 is 1.43 bits per heavy atom. The van der Waals surface area contributed by atoms with Crippen LogP contribution in [-0.4, -0.2) is 60.3 Å². The number of carbonyl (C=O) groups is 3. The van der Waals surface area contributed by atoms with Gasteiger partial charge >= 0.3 is 0 Å². The minimum Gasteiger partial charge on any atom is -0.468 e. The number of ether oxygens (including phenoxy) is 1. The van der Waals surface area contributed by atoms with E-state index in [1.165, 1.54) is 6.08 Å². The highest BCUT2D eigenvalue weighted by molar-refractivity contribution is 5.93. The van der Waals surface area contributed by atoms with Gasteiger partial charge in [-0.25, -0.2) is 0 Å². The predicted molar refractivity (Wildman–Crippen MR) is 81.9 cm³/mol. The van der Waals surface area contributed by atoms with Gasteiger partial charge in [-0.2, -0.15) is 0 Å². The van der Waals surface area contributed by atoms with Crippen molar-refractivity contribution in [1.82, 2.24) is 15.1 Å². The summed E-state index contributed by atoms with van der Waals surface area (Å²) in [5.41, 5.74) is 0.934. The lowest BCUT2D eigenvalue weighted by molar-refractivity contribution is -0.133. The van der Waals surface area contributed by atoms with Gasteiger partial charge in [0, 0.05) is 45.5 Å². The molecule has 0 aromatic carbocycles. The second-order valence-electron chi connectivity index (χ2n) is 6.01. The van der Waals surface area contributed by atoms with E-state index in [1.807, 2.05) is 18.0 Å². The number of likely N-dealkylation sites (tertiary alicyclic amines) is 1. The van der Waals surface area contributed by atoms with Crippen molar-refractivity contribution in [1.29, 1.82) is 0 Å². The Morgan fingerprint density at radius 2 is 2.26 bits per heavy atom. The van der Waals surface area contributed by atoms with Gasteiger partial charge in [0.15, 0.2) is 12.0 Å². The van der Waals surface area contributed by atoms with E-state index in [1.54, 1.807) is 4.90 Å². The first-order valence-electron chi connectivity index (χ1n) is 7.93. The lowest BCUT2D eigenvalue weighted by atomic mass is 10.1. The van der Waals surface area contributed by atoms with Crippen LogP contribution in [0.4, 0.5) is 0 Å². The zero-order valence-corrected chi connectivity index (χ0v) is 13.2. The van der Waals surface area contributed by atoms with Crippen molar-refractivity contribution < 1.29 is 19.1 Å². The third-order valence-corrected chi connectivity index (χ3v) is 4.34. The summed E-state index contributed by atoms with van der Waals surface area (Å²) in [7, 11) is 1.91. The first-order chi connectivity index (χ1) is 11.0. The normalized spacial score (nSPS) is 23.4. The molecule has 0 saturated carbocycles. The molecular formula is C16H21N3O4. The summed E-state index contributed by atoms with van der Waals surface area (Å²) >= 11 is 0. The van der Waals surface area contributed by atoms with Gasteiger partial charge < -0.3 is 19.9 Å². The average molecular weight is 319 g/mol. The Balaban J connectivity index is 1.44. The van der Waals surface area contributed by atoms with E-state index in [2.05, 4.69) is 5.32 Å². The van der Waals surface area contributed by atoms with Gasteiger partial charge in [0.05, 0.1) is 12.2 Å². The van der Waals surface area contributed by atoms with Crippen molar-refractivity contribution in [2.45, 2.75) is 31.9 Å². The molecule has 2 aliphatic heterocycles. The number of hydrogen-bond donors (Lipinski definition) is 1. The van der Waals surface area contributed by atoms with Crippen molar-refractivity contribution in [3.8, 4) is 0 Å². The lowest BCUT2D eigenvalue weighted by Crippen LogP contribution is -2.39. The zero-order valence-electron chi connectivity index (χ0n) is 13.2. The number of hydrogen-bond acceptors (Lipinski definition) is 5. The van der Waals surface area contributed by atoms with Crippen LogP contribution >= 0.6 is 0 Å². The Bertz CT molecular complexity index is 596. The highest BCUT2D eigenvalue weighted by atomic mass is 16.5. The second-order valence-corrected chi connectivity index (χ2v) is 6.01. The second kappa shape index (κ2) is 6.44. The molecule has 0 bridgehead atoms. The minimum atomic E-state index is -0.188. The summed E-state index contributed by atoms with van der Waals surface area (Å²) in [6.45, 7) is 1.26. The topological polar surface area (TPSA) is 79.0 Å². The molecule has 2 saturated heterocycles. The molecule has 3 aliphatic rings. The van der Waals surface area contributed by atoms with Crippen LogP contribution in [0.1, 0.15) is 25.7 Å². The molecule has 7 nitrogen and oxygen atoms in total. The van der Waals surface area contributed by atoms with Crippen molar-refractivity contribution in [3.05, 3.63) is 23.6 Å². The highest BCUT2D eigenvalue weighted by Crippen LogP contribution is 2.32. The Kier molecular flexibility index (Phi) is 4.36. The van der Waals surface area contributed by atoms with Crippen molar-refractivity contribution in [2.24, 2.45) is 0 Å². The summed E-state index contributed by atoms with van der Waals surface area (Å²) in [5.74, 6) is 0.558. The number of allylic oxidation sites excluding steroid dienone is 2. The van der Waals surface area contributed by atoms with Gasteiger partial charge in [-0.05, 0) is 12.5 Å². The summed E-state index contributed by atoms with van der Waals surface area (Å²) in [6, 6.07) is 0. The molecule has 0 aromatic heterocycles. The fraction of sp³-hybridized carbons (Fsp3) is 0.562. The number of nitrogens with zero attached hydrogens (tertiary/aromatic N) is 2. The van der Waals surface area contributed by atoms with Crippen LogP contribution < -0.4 is 5.32 Å². The van der Waals surface area contributed by atoms with Crippen LogP contribution in [0.3, 0.4) is 0 Å². The van der Waals surface area contributed by atoms with Gasteiger partial charge in [-0.15, -0.1) is 0 Å². The summed E-state index contributed by atoms with van der Waals surface area (Å²) in [6.07, 6.45) is 5.59. The van der Waals surface area contributed by atoms with Gasteiger partial charge in [0.1, 0.15) is 5.76 Å². The Hall–Kier alpha value is -2.31. The summed E-state index contributed by atoms with van der Waals surface area (Å²) in [4.78, 5) is 38.3. The molecule has 1 aliphatic carbocycles. The lowest BCUT2D eigenvalue weighted by Gasteiger charge is -2.20. The van der Waals surface area contributed by atoms with E-state index in [-0.39, 0.29) is 30.4 Å². The number of amides is 2. The first kappa shape index (κ1) is 15.6. The number of rotatable bonds is 5. The Morgan fingerprint density at radius 3 is 3.00 bits per heavy atom. The molecule has 124 valence electrons. The van der Waals surface area contributed by atoms with Crippen LogP contribution in [0.15, 0.2) is 23.6 Å². The third-order valence-electron chi connectivity index (χ3n) is 4.34. The van der Waals surface area contributed by atoms with E-state index in [9.17, 15) is 14.4 Å². The number of carbonyl (C=O) groups excluding carboxylic acids is 3. The van der Waals surface area contributed by atoms with Crippen LogP contribution in [0, 0.1) is 0 Å². The third kappa shape index (κ3) is 3.38. The van der Waals surface area contributed by atoms with Gasteiger partial charge in [0.2, 0.25) is 11.8 Å². The van der Waals surface area contributed by atoms with E-state index >= 15 is 0 Å². The molecule has 1 atom stereocenters. The maximum absolute atomic E-state index is 11.9. The largest absolute Gasteiger partial charge is 0.468 e. The van der Waals surface area contributed by atoms with E-state index in [0.717, 1.165) is 12.1 Å². The van der Waals surface area contributed by atoms with Crippen LogP contribution in [0.2, 0.25) is 0 Å². The summed E-state index contributed by atoms with van der Waals surface area (Å²) < 4.78 is 5.76. The number of ketones is 1. The van der Waals surface area contributed by atoms with Crippen LogP contribution in [0.25, 0.3) is 0 Å². The molecule has 0 spiro atoms. The molecule has 2 heterocycles. The quantitative estimate of drug-likeness (QED) is 0.780. The molecule has 1 unspecified atom stereocenters. The van der Waals surface area contributed by atoms with Gasteiger partial charge in [0.25, 0.3) is 0 Å². The minimum absolute atomic E-state index is 0.0429. The smallest absolute Gasteiger partial charge is 0.239 e. The number of nitrogens with one attached hydrogen (secondary N) is 1. The molecular weight excluding hydrogens is 298 g/mol. The number of fused-ring (bicyclic) bond motifs is 1. The fourth-order valence-electron chi connectivity index (χ4n) is 3.06. The molecule has 1 N–H and O–H groups in total. The molecule has 7 heteroatoms. The van der Waals surface area contributed by atoms with Crippen LogP contribution in [-0.2, 0) is 19.1 Å². The fourth-order valence-corrected chi connectivity index (χ4v) is 3.06. The SMILES string of the molecule is CN1C2=CCC(=O)C=C2OC1CCNC(=O)CN1CCCC1=O. The zero-order chi connectivity index (χ0) is 16.4. The maximum Gasteiger partial charge on any atom is 0.239 e. The van der Waals surface area contributed by atoms with E-state index < -0.39 is 0 Å². The molecule has 2 amide bonds.